The van der Waals surface area contributed by atoms with E-state index in [1.54, 1.807) is 13.2 Å². The fraction of sp³-hybridized carbons (Fsp3) is 0.143. The second-order valence-corrected chi connectivity index (χ2v) is 3.33. The molecule has 2 heterocycles. The molecule has 0 atom stereocenters. The molecule has 0 spiro atoms. The van der Waals surface area contributed by atoms with Gasteiger partial charge in [-0.25, -0.2) is 15.0 Å². The number of aromatic nitrogens is 5. The molecular formula is C7H7BrN6. The first-order chi connectivity index (χ1) is 6.81. The van der Waals surface area contributed by atoms with E-state index >= 15 is 0 Å². The van der Waals surface area contributed by atoms with Crippen LogP contribution in [0.25, 0.3) is 11.6 Å². The minimum atomic E-state index is 0.509. The van der Waals surface area contributed by atoms with E-state index in [2.05, 4.69) is 46.4 Å². The average molecular weight is 255 g/mol. The van der Waals surface area contributed by atoms with Crippen LogP contribution in [0.15, 0.2) is 17.0 Å². The molecule has 0 saturated carbocycles. The predicted octanol–water partition coefficient (Wildman–Crippen LogP) is 1.07. The minimum absolute atomic E-state index is 0.509. The molecule has 7 heteroatoms. The summed E-state index contributed by atoms with van der Waals surface area (Å²) in [6, 6.07) is 0. The highest BCUT2D eigenvalue weighted by Crippen LogP contribution is 2.20. The van der Waals surface area contributed by atoms with Crippen LogP contribution in [-0.2, 0) is 0 Å². The summed E-state index contributed by atoms with van der Waals surface area (Å²) in [6.07, 6.45) is 3.08. The Hall–Kier alpha value is -1.50. The molecule has 0 fully saturated rings. The van der Waals surface area contributed by atoms with Gasteiger partial charge in [-0.15, -0.1) is 0 Å². The van der Waals surface area contributed by atoms with Gasteiger partial charge < -0.3 is 5.32 Å². The number of hydrogen-bond donors (Lipinski definition) is 2. The quantitative estimate of drug-likeness (QED) is 0.838. The van der Waals surface area contributed by atoms with Crippen LogP contribution < -0.4 is 5.32 Å². The maximum absolute atomic E-state index is 4.23. The molecule has 6 nitrogen and oxygen atoms in total. The zero-order chi connectivity index (χ0) is 9.97. The fourth-order valence-electron chi connectivity index (χ4n) is 0.970. The van der Waals surface area contributed by atoms with Crippen molar-refractivity contribution in [2.24, 2.45) is 0 Å². The number of anilines is 1. The molecule has 72 valence electrons. The molecule has 0 bridgehead atoms. The van der Waals surface area contributed by atoms with Gasteiger partial charge in [0.15, 0.2) is 11.6 Å². The number of hydrogen-bond acceptors (Lipinski definition) is 5. The van der Waals surface area contributed by atoms with Crippen LogP contribution in [0.2, 0.25) is 0 Å². The van der Waals surface area contributed by atoms with Crippen molar-refractivity contribution in [3.05, 3.63) is 17.0 Å². The summed E-state index contributed by atoms with van der Waals surface area (Å²) < 4.78 is 0.809. The van der Waals surface area contributed by atoms with Crippen molar-refractivity contribution in [2.75, 3.05) is 12.4 Å². The van der Waals surface area contributed by atoms with Crippen LogP contribution in [0.5, 0.6) is 0 Å². The second kappa shape index (κ2) is 3.70. The Bertz CT molecular complexity index is 426. The summed E-state index contributed by atoms with van der Waals surface area (Å²) >= 11 is 3.32. The van der Waals surface area contributed by atoms with E-state index in [0.717, 1.165) is 4.47 Å². The van der Waals surface area contributed by atoms with Crippen LogP contribution in [0.4, 0.5) is 5.82 Å². The molecule has 14 heavy (non-hydrogen) atoms. The third-order valence-corrected chi connectivity index (χ3v) is 2.19. The lowest BCUT2D eigenvalue weighted by Crippen LogP contribution is -1.98. The van der Waals surface area contributed by atoms with Crippen molar-refractivity contribution in [3.63, 3.8) is 0 Å². The minimum Gasteiger partial charge on any atom is -0.372 e. The summed E-state index contributed by atoms with van der Waals surface area (Å²) in [5.74, 6) is 1.77. The van der Waals surface area contributed by atoms with Crippen molar-refractivity contribution in [1.82, 2.24) is 25.1 Å². The number of nitrogens with one attached hydrogen (secondary N) is 2. The van der Waals surface area contributed by atoms with Gasteiger partial charge in [-0.3, -0.25) is 5.10 Å². The Morgan fingerprint density at radius 3 is 2.93 bits per heavy atom. The molecule has 0 amide bonds. The van der Waals surface area contributed by atoms with Gasteiger partial charge in [0.05, 0.1) is 4.47 Å². The molecule has 0 unspecified atom stereocenters. The van der Waals surface area contributed by atoms with Gasteiger partial charge in [0.1, 0.15) is 12.1 Å². The number of aromatic amines is 1. The van der Waals surface area contributed by atoms with E-state index < -0.39 is 0 Å². The molecule has 2 aromatic heterocycles. The Balaban J connectivity index is 2.46. The fourth-order valence-corrected chi connectivity index (χ4v) is 1.36. The van der Waals surface area contributed by atoms with Crippen LogP contribution >= 0.6 is 15.9 Å². The zero-order valence-corrected chi connectivity index (χ0v) is 8.91. The van der Waals surface area contributed by atoms with Gasteiger partial charge in [0, 0.05) is 13.2 Å². The van der Waals surface area contributed by atoms with Crippen molar-refractivity contribution in [2.45, 2.75) is 0 Å². The van der Waals surface area contributed by atoms with Gasteiger partial charge >= 0.3 is 0 Å². The van der Waals surface area contributed by atoms with Crippen LogP contribution in [0.3, 0.4) is 0 Å². The lowest BCUT2D eigenvalue weighted by molar-refractivity contribution is 1.06. The summed E-state index contributed by atoms with van der Waals surface area (Å²) in [4.78, 5) is 12.3. The Labute approximate surface area is 88.3 Å². The van der Waals surface area contributed by atoms with Gasteiger partial charge in [-0.2, -0.15) is 5.10 Å². The van der Waals surface area contributed by atoms with Gasteiger partial charge in [0.2, 0.25) is 0 Å². The van der Waals surface area contributed by atoms with Crippen molar-refractivity contribution in [1.29, 1.82) is 0 Å². The van der Waals surface area contributed by atoms with E-state index in [4.69, 9.17) is 0 Å². The smallest absolute Gasteiger partial charge is 0.199 e. The Morgan fingerprint density at radius 1 is 1.43 bits per heavy atom. The Morgan fingerprint density at radius 2 is 2.29 bits per heavy atom. The van der Waals surface area contributed by atoms with E-state index in [9.17, 15) is 0 Å². The third kappa shape index (κ3) is 1.58. The van der Waals surface area contributed by atoms with Crippen molar-refractivity contribution < 1.29 is 0 Å². The normalized spacial score (nSPS) is 10.1. The number of nitrogens with zero attached hydrogens (tertiary/aromatic N) is 4. The molecule has 0 aromatic carbocycles. The molecule has 0 radical (unpaired) electrons. The summed E-state index contributed by atoms with van der Waals surface area (Å²) in [5, 5.41) is 9.36. The van der Waals surface area contributed by atoms with Crippen molar-refractivity contribution in [3.8, 4) is 11.6 Å². The van der Waals surface area contributed by atoms with Crippen LogP contribution in [0.1, 0.15) is 0 Å². The molecule has 2 N–H and O–H groups in total. The summed E-state index contributed by atoms with van der Waals surface area (Å²) in [7, 11) is 1.79. The monoisotopic (exact) mass is 254 g/mol. The molecular weight excluding hydrogens is 248 g/mol. The number of rotatable bonds is 2. The van der Waals surface area contributed by atoms with Gasteiger partial charge in [-0.1, -0.05) is 0 Å². The Kier molecular flexibility index (Phi) is 2.40. The lowest BCUT2D eigenvalue weighted by Gasteiger charge is -2.02. The summed E-state index contributed by atoms with van der Waals surface area (Å²) in [6.45, 7) is 0. The van der Waals surface area contributed by atoms with Crippen LogP contribution in [-0.4, -0.2) is 32.2 Å². The predicted molar refractivity (Wildman–Crippen MR) is 54.7 cm³/mol. The first kappa shape index (κ1) is 9.07. The molecule has 0 aliphatic heterocycles. The topological polar surface area (TPSA) is 79.4 Å². The molecule has 0 aliphatic rings. The first-order valence-corrected chi connectivity index (χ1v) is 4.66. The molecule has 0 aliphatic carbocycles. The van der Waals surface area contributed by atoms with Gasteiger partial charge in [-0.05, 0) is 15.9 Å². The third-order valence-electron chi connectivity index (χ3n) is 1.61. The van der Waals surface area contributed by atoms with E-state index in [1.807, 2.05) is 0 Å². The average Bonchev–Trinajstić information content (AvgIpc) is 2.71. The SMILES string of the molecule is CNc1nc(-c2ncn[nH]2)ncc1Br. The highest BCUT2D eigenvalue weighted by Gasteiger charge is 2.07. The number of H-pyrrole nitrogens is 1. The van der Waals surface area contributed by atoms with E-state index in [1.165, 1.54) is 6.33 Å². The van der Waals surface area contributed by atoms with Crippen LogP contribution in [0, 0.1) is 0 Å². The first-order valence-electron chi connectivity index (χ1n) is 3.87. The van der Waals surface area contributed by atoms with E-state index in [0.29, 0.717) is 17.5 Å². The highest BCUT2D eigenvalue weighted by atomic mass is 79.9. The lowest BCUT2D eigenvalue weighted by atomic mass is 10.5. The molecule has 0 saturated heterocycles. The molecule has 2 rings (SSSR count). The number of halogens is 1. The zero-order valence-electron chi connectivity index (χ0n) is 7.32. The van der Waals surface area contributed by atoms with Gasteiger partial charge in [0.25, 0.3) is 0 Å². The highest BCUT2D eigenvalue weighted by molar-refractivity contribution is 9.10. The summed E-state index contributed by atoms with van der Waals surface area (Å²) in [5.41, 5.74) is 0. The standard InChI is InChI=1S/C7H7BrN6/c1-9-5-4(8)2-10-6(13-5)7-11-3-12-14-7/h2-3H,1H3,(H,9,10,13)(H,11,12,14). The van der Waals surface area contributed by atoms with E-state index in [-0.39, 0.29) is 0 Å². The maximum atomic E-state index is 4.23. The molecule has 2 aromatic rings. The largest absolute Gasteiger partial charge is 0.372 e. The van der Waals surface area contributed by atoms with Crippen molar-refractivity contribution >= 4 is 21.7 Å². The maximum Gasteiger partial charge on any atom is 0.199 e. The second-order valence-electron chi connectivity index (χ2n) is 2.47.